The predicted octanol–water partition coefficient (Wildman–Crippen LogP) is 1.87. The number of likely N-dealkylation sites (tertiary alicyclic amines) is 1. The number of hydrogen-bond acceptors (Lipinski definition) is 4. The van der Waals surface area contributed by atoms with Gasteiger partial charge in [0.25, 0.3) is 0 Å². The van der Waals surface area contributed by atoms with Crippen molar-refractivity contribution in [3.63, 3.8) is 0 Å². The largest absolute Gasteiger partial charge is 0.469 e. The van der Waals surface area contributed by atoms with E-state index in [1.807, 2.05) is 4.90 Å². The molecule has 0 aromatic rings. The van der Waals surface area contributed by atoms with Gasteiger partial charge in [-0.25, -0.2) is 0 Å². The number of piperidine rings is 1. The van der Waals surface area contributed by atoms with Crippen LogP contribution in [0.1, 0.15) is 45.4 Å². The van der Waals surface area contributed by atoms with Gasteiger partial charge in [-0.3, -0.25) is 9.59 Å². The number of hydrogen-bond donors (Lipinski definition) is 1. The van der Waals surface area contributed by atoms with Crippen LogP contribution in [0.3, 0.4) is 0 Å². The molecule has 5 nitrogen and oxygen atoms in total. The lowest BCUT2D eigenvalue weighted by Gasteiger charge is -2.32. The van der Waals surface area contributed by atoms with E-state index in [4.69, 9.17) is 4.74 Å². The number of esters is 1. The lowest BCUT2D eigenvalue weighted by Crippen LogP contribution is -2.44. The van der Waals surface area contributed by atoms with Crippen molar-refractivity contribution in [3.05, 3.63) is 12.2 Å². The molecule has 0 aromatic heterocycles. The zero-order valence-electron chi connectivity index (χ0n) is 13.7. The molecule has 0 saturated carbocycles. The maximum atomic E-state index is 12.3. The highest BCUT2D eigenvalue weighted by atomic mass is 16.5. The molecule has 0 spiro atoms. The minimum atomic E-state index is -0.147. The van der Waals surface area contributed by atoms with Crippen LogP contribution < -0.4 is 5.32 Å². The Labute approximate surface area is 133 Å². The number of amides is 1. The summed E-state index contributed by atoms with van der Waals surface area (Å²) in [5, 5.41) is 3.52. The predicted molar refractivity (Wildman–Crippen MR) is 85.3 cm³/mol. The molecule has 2 rings (SSSR count). The first kappa shape index (κ1) is 17.0. The third-order valence-corrected chi connectivity index (χ3v) is 4.62. The number of ether oxygens (including phenoxy) is 1. The summed E-state index contributed by atoms with van der Waals surface area (Å²) in [6.45, 7) is 3.39. The fourth-order valence-corrected chi connectivity index (χ4v) is 3.30. The van der Waals surface area contributed by atoms with Gasteiger partial charge in [0.1, 0.15) is 0 Å². The van der Waals surface area contributed by atoms with Gasteiger partial charge < -0.3 is 15.0 Å². The summed E-state index contributed by atoms with van der Waals surface area (Å²) < 4.78 is 4.78. The number of methoxy groups -OCH3 is 1. The van der Waals surface area contributed by atoms with E-state index in [0.717, 1.165) is 6.42 Å². The minimum absolute atomic E-state index is 0.0445. The molecule has 1 heterocycles. The second-order valence-corrected chi connectivity index (χ2v) is 6.42. The minimum Gasteiger partial charge on any atom is -0.469 e. The molecule has 0 radical (unpaired) electrons. The number of rotatable bonds is 5. The third-order valence-electron chi connectivity index (χ3n) is 4.62. The smallest absolute Gasteiger partial charge is 0.308 e. The SMILES string of the molecule is COC(=O)C1CCN(C(=O)C[C@@H](C)N[C@@H]2C=CCCC2)CC1. The Balaban J connectivity index is 1.72. The first-order valence-electron chi connectivity index (χ1n) is 8.38. The molecular formula is C17H28N2O3. The van der Waals surface area contributed by atoms with E-state index in [2.05, 4.69) is 24.4 Å². The summed E-state index contributed by atoms with van der Waals surface area (Å²) in [6.07, 6.45) is 9.92. The van der Waals surface area contributed by atoms with Crippen molar-refractivity contribution in [1.29, 1.82) is 0 Å². The van der Waals surface area contributed by atoms with E-state index in [1.54, 1.807) is 0 Å². The van der Waals surface area contributed by atoms with Crippen molar-refractivity contribution in [1.82, 2.24) is 10.2 Å². The normalized spacial score (nSPS) is 24.1. The van der Waals surface area contributed by atoms with Gasteiger partial charge in [-0.05, 0) is 39.0 Å². The quantitative estimate of drug-likeness (QED) is 0.622. The molecule has 1 aliphatic carbocycles. The Morgan fingerprint density at radius 2 is 2.05 bits per heavy atom. The summed E-state index contributed by atoms with van der Waals surface area (Å²) >= 11 is 0. The van der Waals surface area contributed by atoms with E-state index in [0.29, 0.717) is 38.4 Å². The molecule has 5 heteroatoms. The second kappa shape index (κ2) is 8.32. The topological polar surface area (TPSA) is 58.6 Å². The van der Waals surface area contributed by atoms with Crippen LogP contribution >= 0.6 is 0 Å². The van der Waals surface area contributed by atoms with E-state index >= 15 is 0 Å². The molecule has 1 saturated heterocycles. The fourth-order valence-electron chi connectivity index (χ4n) is 3.30. The molecule has 2 atom stereocenters. The van der Waals surface area contributed by atoms with Gasteiger partial charge in [0.2, 0.25) is 5.91 Å². The highest BCUT2D eigenvalue weighted by Gasteiger charge is 2.28. The van der Waals surface area contributed by atoms with Crippen molar-refractivity contribution >= 4 is 11.9 Å². The van der Waals surface area contributed by atoms with Crippen molar-refractivity contribution in [3.8, 4) is 0 Å². The monoisotopic (exact) mass is 308 g/mol. The molecule has 22 heavy (non-hydrogen) atoms. The summed E-state index contributed by atoms with van der Waals surface area (Å²) in [5.74, 6) is -0.00806. The van der Waals surface area contributed by atoms with Crippen LogP contribution in [-0.4, -0.2) is 49.1 Å². The number of nitrogens with zero attached hydrogens (tertiary/aromatic N) is 1. The number of carbonyl (C=O) groups is 2. The van der Waals surface area contributed by atoms with E-state index in [9.17, 15) is 9.59 Å². The molecular weight excluding hydrogens is 280 g/mol. The molecule has 0 aromatic carbocycles. The molecule has 0 bridgehead atoms. The Kier molecular flexibility index (Phi) is 6.43. The third kappa shape index (κ3) is 4.83. The zero-order chi connectivity index (χ0) is 15.9. The fraction of sp³-hybridized carbons (Fsp3) is 0.765. The highest BCUT2D eigenvalue weighted by Crippen LogP contribution is 2.19. The second-order valence-electron chi connectivity index (χ2n) is 6.42. The molecule has 2 aliphatic rings. The molecule has 1 N–H and O–H groups in total. The summed E-state index contributed by atoms with van der Waals surface area (Å²) in [5.41, 5.74) is 0. The van der Waals surface area contributed by atoms with Gasteiger partial charge in [-0.15, -0.1) is 0 Å². The Bertz CT molecular complexity index is 414. The molecule has 1 fully saturated rings. The highest BCUT2D eigenvalue weighted by molar-refractivity contribution is 5.77. The molecule has 124 valence electrons. The van der Waals surface area contributed by atoms with Crippen molar-refractivity contribution in [2.75, 3.05) is 20.2 Å². The molecule has 0 unspecified atom stereocenters. The van der Waals surface area contributed by atoms with Gasteiger partial charge in [-0.1, -0.05) is 12.2 Å². The number of allylic oxidation sites excluding steroid dienone is 1. The van der Waals surface area contributed by atoms with Crippen molar-refractivity contribution in [2.45, 2.75) is 57.5 Å². The average molecular weight is 308 g/mol. The summed E-state index contributed by atoms with van der Waals surface area (Å²) in [6, 6.07) is 0.584. The van der Waals surface area contributed by atoms with E-state index < -0.39 is 0 Å². The van der Waals surface area contributed by atoms with Gasteiger partial charge in [0, 0.05) is 31.6 Å². The zero-order valence-corrected chi connectivity index (χ0v) is 13.7. The Morgan fingerprint density at radius 3 is 2.64 bits per heavy atom. The van der Waals surface area contributed by atoms with Crippen LogP contribution in [-0.2, 0) is 14.3 Å². The van der Waals surface area contributed by atoms with Crippen LogP contribution in [0.15, 0.2) is 12.2 Å². The average Bonchev–Trinajstić information content (AvgIpc) is 2.55. The van der Waals surface area contributed by atoms with Crippen LogP contribution in [0, 0.1) is 5.92 Å². The van der Waals surface area contributed by atoms with Crippen LogP contribution in [0.4, 0.5) is 0 Å². The Hall–Kier alpha value is -1.36. The standard InChI is InChI=1S/C17H28N2O3/c1-13(18-15-6-4-3-5-7-15)12-16(20)19-10-8-14(9-11-19)17(21)22-2/h4,6,13-15,18H,3,5,7-12H2,1-2H3/t13-,15-/m1/s1. The summed E-state index contributed by atoms with van der Waals surface area (Å²) in [4.78, 5) is 25.7. The molecule has 1 aliphatic heterocycles. The first-order chi connectivity index (χ1) is 10.6. The van der Waals surface area contributed by atoms with Crippen LogP contribution in [0.25, 0.3) is 0 Å². The van der Waals surface area contributed by atoms with Gasteiger partial charge >= 0.3 is 5.97 Å². The van der Waals surface area contributed by atoms with Gasteiger partial charge in [0.05, 0.1) is 13.0 Å². The van der Waals surface area contributed by atoms with Gasteiger partial charge in [0.15, 0.2) is 0 Å². The maximum Gasteiger partial charge on any atom is 0.308 e. The first-order valence-corrected chi connectivity index (χ1v) is 8.38. The van der Waals surface area contributed by atoms with E-state index in [1.165, 1.54) is 20.0 Å². The van der Waals surface area contributed by atoms with Crippen molar-refractivity contribution in [2.24, 2.45) is 5.92 Å². The van der Waals surface area contributed by atoms with Crippen molar-refractivity contribution < 1.29 is 14.3 Å². The lowest BCUT2D eigenvalue weighted by molar-refractivity contribution is -0.149. The summed E-state index contributed by atoms with van der Waals surface area (Å²) in [7, 11) is 1.42. The number of carbonyl (C=O) groups excluding carboxylic acids is 2. The van der Waals surface area contributed by atoms with Crippen LogP contribution in [0.5, 0.6) is 0 Å². The Morgan fingerprint density at radius 1 is 1.32 bits per heavy atom. The van der Waals surface area contributed by atoms with Gasteiger partial charge in [-0.2, -0.15) is 0 Å². The maximum absolute atomic E-state index is 12.3. The molecule has 1 amide bonds. The number of nitrogens with one attached hydrogen (secondary N) is 1. The lowest BCUT2D eigenvalue weighted by atomic mass is 9.96. The van der Waals surface area contributed by atoms with Crippen LogP contribution in [0.2, 0.25) is 0 Å². The van der Waals surface area contributed by atoms with E-state index in [-0.39, 0.29) is 23.8 Å².